The molecule has 0 N–H and O–H groups in total. The molecule has 72 valence electrons. The van der Waals surface area contributed by atoms with Gasteiger partial charge in [-0.15, -0.1) is 0 Å². The Labute approximate surface area is 68.7 Å². The van der Waals surface area contributed by atoms with Crippen molar-refractivity contribution >= 4 is 6.29 Å². The highest BCUT2D eigenvalue weighted by Gasteiger charge is 2.19. The van der Waals surface area contributed by atoms with Crippen molar-refractivity contribution in [3.05, 3.63) is 0 Å². The summed E-state index contributed by atoms with van der Waals surface area (Å²) in [6.07, 6.45) is -3.59. The minimum Gasteiger partial charge on any atom is -0.365 e. The van der Waals surface area contributed by atoms with E-state index in [1.807, 2.05) is 0 Å². The summed E-state index contributed by atoms with van der Waals surface area (Å²) >= 11 is 0. The van der Waals surface area contributed by atoms with Gasteiger partial charge < -0.3 is 9.53 Å². The average Bonchev–Trinajstić information content (AvgIpc) is 2.04. The topological polar surface area (TPSA) is 26.3 Å². The van der Waals surface area contributed by atoms with Crippen molar-refractivity contribution < 1.29 is 22.7 Å². The van der Waals surface area contributed by atoms with E-state index in [0.717, 1.165) is 0 Å². The molecule has 0 fully saturated rings. The van der Waals surface area contributed by atoms with Crippen LogP contribution in [0.4, 0.5) is 13.2 Å². The Morgan fingerprint density at radius 1 is 1.42 bits per heavy atom. The summed E-state index contributed by atoms with van der Waals surface area (Å²) in [4.78, 5) is 9.76. The zero-order chi connectivity index (χ0) is 9.40. The van der Waals surface area contributed by atoms with Gasteiger partial charge in [-0.3, -0.25) is 4.39 Å². The number of alkyl halides is 3. The SMILES string of the molecule is O=CCOC(CCCF)C(F)F. The molecule has 0 spiro atoms. The fourth-order valence-electron chi connectivity index (χ4n) is 0.723. The predicted octanol–water partition coefficient (Wildman–Crippen LogP) is 1.59. The minimum absolute atomic E-state index is 0.0356. The van der Waals surface area contributed by atoms with Gasteiger partial charge in [-0.05, 0) is 12.8 Å². The van der Waals surface area contributed by atoms with Crippen LogP contribution in [0.3, 0.4) is 0 Å². The van der Waals surface area contributed by atoms with E-state index in [1.54, 1.807) is 0 Å². The van der Waals surface area contributed by atoms with E-state index in [1.165, 1.54) is 0 Å². The van der Waals surface area contributed by atoms with Gasteiger partial charge in [0, 0.05) is 0 Å². The molecule has 0 aromatic carbocycles. The average molecular weight is 184 g/mol. The van der Waals surface area contributed by atoms with Crippen LogP contribution in [0.5, 0.6) is 0 Å². The Kier molecular flexibility index (Phi) is 6.75. The summed E-state index contributed by atoms with van der Waals surface area (Å²) < 4.78 is 40.0. The van der Waals surface area contributed by atoms with Crippen LogP contribution in [0.25, 0.3) is 0 Å². The zero-order valence-corrected chi connectivity index (χ0v) is 6.51. The molecule has 0 aromatic rings. The lowest BCUT2D eigenvalue weighted by molar-refractivity contribution is -0.118. The fourth-order valence-corrected chi connectivity index (χ4v) is 0.723. The summed E-state index contributed by atoms with van der Waals surface area (Å²) in [5.41, 5.74) is 0. The first kappa shape index (κ1) is 11.4. The Morgan fingerprint density at radius 3 is 2.50 bits per heavy atom. The number of carbonyl (C=O) groups excluding carboxylic acids is 1. The molecule has 0 saturated heterocycles. The molecule has 1 atom stereocenters. The van der Waals surface area contributed by atoms with Crippen molar-refractivity contribution in [2.45, 2.75) is 25.4 Å². The number of ether oxygens (including phenoxy) is 1. The van der Waals surface area contributed by atoms with Gasteiger partial charge in [-0.2, -0.15) is 0 Å². The molecule has 0 aliphatic rings. The first-order valence-electron chi connectivity index (χ1n) is 3.61. The molecule has 0 rings (SSSR count). The molecule has 1 unspecified atom stereocenters. The lowest BCUT2D eigenvalue weighted by Gasteiger charge is -2.13. The Balaban J connectivity index is 3.61. The summed E-state index contributed by atoms with van der Waals surface area (Å²) in [5, 5.41) is 0. The maximum atomic E-state index is 12.0. The van der Waals surface area contributed by atoms with Crippen LogP contribution in [0.2, 0.25) is 0 Å². The highest BCUT2D eigenvalue weighted by atomic mass is 19.3. The maximum Gasteiger partial charge on any atom is 0.264 e. The van der Waals surface area contributed by atoms with Gasteiger partial charge in [0.15, 0.2) is 0 Å². The van der Waals surface area contributed by atoms with E-state index >= 15 is 0 Å². The number of carbonyl (C=O) groups is 1. The van der Waals surface area contributed by atoms with Crippen molar-refractivity contribution in [1.82, 2.24) is 0 Å². The lowest BCUT2D eigenvalue weighted by Crippen LogP contribution is -2.23. The third kappa shape index (κ3) is 5.12. The summed E-state index contributed by atoms with van der Waals surface area (Å²) in [5.74, 6) is 0. The van der Waals surface area contributed by atoms with Gasteiger partial charge in [0.25, 0.3) is 6.43 Å². The second-order valence-electron chi connectivity index (χ2n) is 2.20. The number of aldehydes is 1. The van der Waals surface area contributed by atoms with Gasteiger partial charge in [-0.1, -0.05) is 0 Å². The van der Waals surface area contributed by atoms with Crippen molar-refractivity contribution in [1.29, 1.82) is 0 Å². The van der Waals surface area contributed by atoms with Crippen molar-refractivity contribution in [3.8, 4) is 0 Å². The number of halogens is 3. The third-order valence-corrected chi connectivity index (χ3v) is 1.28. The van der Waals surface area contributed by atoms with Gasteiger partial charge in [0.2, 0.25) is 0 Å². The molecule has 0 aromatic heterocycles. The summed E-state index contributed by atoms with van der Waals surface area (Å²) in [6.45, 7) is -1.00. The van der Waals surface area contributed by atoms with Crippen molar-refractivity contribution in [3.63, 3.8) is 0 Å². The molecule has 5 heteroatoms. The van der Waals surface area contributed by atoms with E-state index in [0.29, 0.717) is 6.29 Å². The minimum atomic E-state index is -2.66. The molecule has 0 aliphatic heterocycles. The molecule has 0 saturated carbocycles. The standard InChI is InChI=1S/C7H11F3O2/c8-3-1-2-6(7(9)10)12-5-4-11/h4,6-7H,1-3,5H2. The van der Waals surface area contributed by atoms with E-state index in [-0.39, 0.29) is 19.4 Å². The molecule has 2 nitrogen and oxygen atoms in total. The molecule has 0 bridgehead atoms. The second-order valence-corrected chi connectivity index (χ2v) is 2.20. The maximum absolute atomic E-state index is 12.0. The predicted molar refractivity (Wildman–Crippen MR) is 37.0 cm³/mol. The van der Waals surface area contributed by atoms with Gasteiger partial charge in [0.05, 0.1) is 6.67 Å². The van der Waals surface area contributed by atoms with Crippen molar-refractivity contribution in [2.75, 3.05) is 13.3 Å². The van der Waals surface area contributed by atoms with E-state index in [9.17, 15) is 18.0 Å². The Hall–Kier alpha value is -0.580. The Morgan fingerprint density at radius 2 is 2.08 bits per heavy atom. The fraction of sp³-hybridized carbons (Fsp3) is 0.857. The van der Waals surface area contributed by atoms with E-state index in [4.69, 9.17) is 0 Å². The molecule has 0 radical (unpaired) electrons. The molecular formula is C7H11F3O2. The van der Waals surface area contributed by atoms with Gasteiger partial charge >= 0.3 is 0 Å². The summed E-state index contributed by atoms with van der Waals surface area (Å²) in [6, 6.07) is 0. The van der Waals surface area contributed by atoms with Crippen LogP contribution in [0.1, 0.15) is 12.8 Å². The third-order valence-electron chi connectivity index (χ3n) is 1.28. The first-order valence-corrected chi connectivity index (χ1v) is 3.61. The van der Waals surface area contributed by atoms with Crippen LogP contribution >= 0.6 is 0 Å². The van der Waals surface area contributed by atoms with E-state index in [2.05, 4.69) is 4.74 Å². The number of hydrogen-bond donors (Lipinski definition) is 0. The monoisotopic (exact) mass is 184 g/mol. The molecule has 0 amide bonds. The largest absolute Gasteiger partial charge is 0.365 e. The Bertz CT molecular complexity index is 119. The van der Waals surface area contributed by atoms with Crippen LogP contribution < -0.4 is 0 Å². The van der Waals surface area contributed by atoms with Crippen LogP contribution in [-0.2, 0) is 9.53 Å². The van der Waals surface area contributed by atoms with Crippen LogP contribution in [0.15, 0.2) is 0 Å². The number of hydrogen-bond acceptors (Lipinski definition) is 2. The quantitative estimate of drug-likeness (QED) is 0.561. The molecule has 0 aliphatic carbocycles. The highest BCUT2D eigenvalue weighted by Crippen LogP contribution is 2.11. The van der Waals surface area contributed by atoms with Gasteiger partial charge in [-0.25, -0.2) is 8.78 Å². The lowest BCUT2D eigenvalue weighted by atomic mass is 10.2. The summed E-state index contributed by atoms with van der Waals surface area (Å²) in [7, 11) is 0. The molecule has 0 heterocycles. The van der Waals surface area contributed by atoms with Crippen LogP contribution in [0, 0.1) is 0 Å². The molecule has 12 heavy (non-hydrogen) atoms. The zero-order valence-electron chi connectivity index (χ0n) is 6.51. The van der Waals surface area contributed by atoms with Crippen LogP contribution in [-0.4, -0.2) is 32.1 Å². The first-order chi connectivity index (χ1) is 5.72. The highest BCUT2D eigenvalue weighted by molar-refractivity contribution is 5.50. The normalized spacial score (nSPS) is 13.3. The van der Waals surface area contributed by atoms with E-state index < -0.39 is 19.2 Å². The second kappa shape index (κ2) is 7.09. The van der Waals surface area contributed by atoms with Gasteiger partial charge in [0.1, 0.15) is 19.0 Å². The molecular weight excluding hydrogens is 173 g/mol. The number of rotatable bonds is 7. The van der Waals surface area contributed by atoms with Crippen molar-refractivity contribution in [2.24, 2.45) is 0 Å². The smallest absolute Gasteiger partial charge is 0.264 e.